The maximum atomic E-state index is 12.0. The molecular formula is C27H29N5O. The van der Waals surface area contributed by atoms with E-state index in [0.29, 0.717) is 30.7 Å². The van der Waals surface area contributed by atoms with Gasteiger partial charge in [-0.1, -0.05) is 37.3 Å². The Kier molecular flexibility index (Phi) is 6.07. The maximum Gasteiger partial charge on any atom is 0.220 e. The molecule has 168 valence electrons. The first-order chi connectivity index (χ1) is 16.2. The highest BCUT2D eigenvalue weighted by molar-refractivity contribution is 5.77. The molecule has 1 aliphatic carbocycles. The standard InChI is InChI=1S/C27H29N5O/c1-2-21-8-7-19-17-23(11-12-24(19)29-21)30-25-14-15-28-27(32-25)20-5-3-4-18(16-20)6-13-26(33)31-22-9-10-22/h3-5,7-8,11-12,14-17,21-22,29H,2,6,9-10,13H2,1H3,(H,31,33)(H,28,30,32). The van der Waals surface area contributed by atoms with Crippen molar-refractivity contribution in [3.05, 3.63) is 71.9 Å². The molecule has 3 N–H and O–H groups in total. The molecule has 1 saturated carbocycles. The van der Waals surface area contributed by atoms with Gasteiger partial charge in [-0.15, -0.1) is 0 Å². The SMILES string of the molecule is CCC1C=Cc2cc(Nc3ccnc(-c4cccc(CCC(=O)NC5CC5)c4)n3)ccc2N1. The first kappa shape index (κ1) is 21.2. The molecule has 0 radical (unpaired) electrons. The van der Waals surface area contributed by atoms with Gasteiger partial charge in [0.25, 0.3) is 0 Å². The molecule has 1 unspecified atom stereocenters. The Balaban J connectivity index is 1.27. The smallest absolute Gasteiger partial charge is 0.220 e. The number of anilines is 3. The van der Waals surface area contributed by atoms with Crippen molar-refractivity contribution in [2.75, 3.05) is 10.6 Å². The number of hydrogen-bond donors (Lipinski definition) is 3. The summed E-state index contributed by atoms with van der Waals surface area (Å²) in [5, 5.41) is 9.99. The number of aromatic nitrogens is 2. The zero-order valence-corrected chi connectivity index (χ0v) is 18.8. The Morgan fingerprint density at radius 2 is 2.06 bits per heavy atom. The van der Waals surface area contributed by atoms with Crippen molar-refractivity contribution in [1.29, 1.82) is 0 Å². The molecule has 2 aromatic carbocycles. The van der Waals surface area contributed by atoms with E-state index in [1.54, 1.807) is 6.20 Å². The van der Waals surface area contributed by atoms with Gasteiger partial charge < -0.3 is 16.0 Å². The maximum absolute atomic E-state index is 12.0. The van der Waals surface area contributed by atoms with Gasteiger partial charge in [-0.25, -0.2) is 9.97 Å². The molecule has 33 heavy (non-hydrogen) atoms. The number of nitrogens with one attached hydrogen (secondary N) is 3. The zero-order valence-electron chi connectivity index (χ0n) is 18.8. The summed E-state index contributed by atoms with van der Waals surface area (Å²) in [4.78, 5) is 21.2. The number of nitrogens with zero attached hydrogens (tertiary/aromatic N) is 2. The summed E-state index contributed by atoms with van der Waals surface area (Å²) >= 11 is 0. The lowest BCUT2D eigenvalue weighted by atomic mass is 10.0. The topological polar surface area (TPSA) is 78.9 Å². The van der Waals surface area contributed by atoms with Gasteiger partial charge in [-0.2, -0.15) is 0 Å². The molecule has 0 saturated heterocycles. The largest absolute Gasteiger partial charge is 0.378 e. The first-order valence-corrected chi connectivity index (χ1v) is 11.7. The van der Waals surface area contributed by atoms with Gasteiger partial charge in [0.2, 0.25) is 5.91 Å². The van der Waals surface area contributed by atoms with Gasteiger partial charge in [-0.05, 0) is 67.1 Å². The molecule has 1 atom stereocenters. The predicted molar refractivity (Wildman–Crippen MR) is 133 cm³/mol. The lowest BCUT2D eigenvalue weighted by Crippen LogP contribution is -2.25. The van der Waals surface area contributed by atoms with Gasteiger partial charge in [0, 0.05) is 41.6 Å². The summed E-state index contributed by atoms with van der Waals surface area (Å²) in [7, 11) is 0. The van der Waals surface area contributed by atoms with Gasteiger partial charge in [0.15, 0.2) is 5.82 Å². The lowest BCUT2D eigenvalue weighted by molar-refractivity contribution is -0.121. The molecule has 2 heterocycles. The second-order valence-corrected chi connectivity index (χ2v) is 8.75. The monoisotopic (exact) mass is 439 g/mol. The van der Waals surface area contributed by atoms with E-state index in [0.717, 1.165) is 53.1 Å². The molecule has 0 bridgehead atoms. The Morgan fingerprint density at radius 1 is 1.15 bits per heavy atom. The van der Waals surface area contributed by atoms with E-state index in [-0.39, 0.29) is 5.91 Å². The van der Waals surface area contributed by atoms with Gasteiger partial charge in [0.1, 0.15) is 5.82 Å². The third-order valence-electron chi connectivity index (χ3n) is 6.04. The predicted octanol–water partition coefficient (Wildman–Crippen LogP) is 5.32. The van der Waals surface area contributed by atoms with Crippen LogP contribution in [0.25, 0.3) is 17.5 Å². The quantitative estimate of drug-likeness (QED) is 0.443. The van der Waals surface area contributed by atoms with Crippen molar-refractivity contribution in [2.24, 2.45) is 0 Å². The molecule has 6 nitrogen and oxygen atoms in total. The second kappa shape index (κ2) is 9.45. The molecular weight excluding hydrogens is 410 g/mol. The normalized spacial score (nSPS) is 16.6. The van der Waals surface area contributed by atoms with Crippen LogP contribution in [-0.2, 0) is 11.2 Å². The summed E-state index contributed by atoms with van der Waals surface area (Å²) in [5.41, 5.74) is 5.36. The van der Waals surface area contributed by atoms with E-state index in [4.69, 9.17) is 4.98 Å². The van der Waals surface area contributed by atoms with Crippen molar-refractivity contribution in [1.82, 2.24) is 15.3 Å². The minimum absolute atomic E-state index is 0.130. The van der Waals surface area contributed by atoms with Crippen molar-refractivity contribution in [2.45, 2.75) is 51.1 Å². The number of rotatable bonds is 8. The summed E-state index contributed by atoms with van der Waals surface area (Å²) in [6.45, 7) is 2.18. The third kappa shape index (κ3) is 5.40. The van der Waals surface area contributed by atoms with Crippen LogP contribution in [0.1, 0.15) is 43.7 Å². The molecule has 1 aromatic heterocycles. The van der Waals surface area contributed by atoms with Crippen LogP contribution in [0, 0.1) is 0 Å². The van der Waals surface area contributed by atoms with E-state index in [9.17, 15) is 4.79 Å². The Labute approximate surface area is 194 Å². The summed E-state index contributed by atoms with van der Waals surface area (Å²) < 4.78 is 0. The van der Waals surface area contributed by atoms with Crippen LogP contribution in [0.3, 0.4) is 0 Å². The molecule has 3 aromatic rings. The van der Waals surface area contributed by atoms with E-state index >= 15 is 0 Å². The molecule has 6 heteroatoms. The van der Waals surface area contributed by atoms with Crippen LogP contribution in [0.2, 0.25) is 0 Å². The summed E-state index contributed by atoms with van der Waals surface area (Å²) in [6.07, 6.45) is 10.6. The number of hydrogen-bond acceptors (Lipinski definition) is 5. The average molecular weight is 440 g/mol. The molecule has 5 rings (SSSR count). The highest BCUT2D eigenvalue weighted by atomic mass is 16.1. The average Bonchev–Trinajstić information content (AvgIpc) is 3.67. The van der Waals surface area contributed by atoms with E-state index in [1.807, 2.05) is 24.3 Å². The Hall–Kier alpha value is -3.67. The van der Waals surface area contributed by atoms with Crippen molar-refractivity contribution < 1.29 is 4.79 Å². The number of aryl methyl sites for hydroxylation is 1. The van der Waals surface area contributed by atoms with Gasteiger partial charge in [-0.3, -0.25) is 4.79 Å². The number of carbonyl (C=O) groups excluding carboxylic acids is 1. The van der Waals surface area contributed by atoms with Crippen LogP contribution in [-0.4, -0.2) is 28.0 Å². The fraction of sp³-hybridized carbons (Fsp3) is 0.296. The van der Waals surface area contributed by atoms with Gasteiger partial charge in [0.05, 0.1) is 0 Å². The molecule has 0 spiro atoms. The van der Waals surface area contributed by atoms with Crippen LogP contribution in [0.5, 0.6) is 0 Å². The Bertz CT molecular complexity index is 1180. The lowest BCUT2D eigenvalue weighted by Gasteiger charge is -2.21. The number of carbonyl (C=O) groups is 1. The van der Waals surface area contributed by atoms with Crippen molar-refractivity contribution in [3.8, 4) is 11.4 Å². The molecule has 1 fully saturated rings. The molecule has 1 aliphatic heterocycles. The fourth-order valence-corrected chi connectivity index (χ4v) is 3.98. The van der Waals surface area contributed by atoms with Crippen LogP contribution < -0.4 is 16.0 Å². The van der Waals surface area contributed by atoms with Crippen molar-refractivity contribution in [3.63, 3.8) is 0 Å². The molecule has 1 amide bonds. The highest BCUT2D eigenvalue weighted by Gasteiger charge is 2.22. The Morgan fingerprint density at radius 3 is 2.91 bits per heavy atom. The zero-order chi connectivity index (χ0) is 22.6. The minimum Gasteiger partial charge on any atom is -0.378 e. The van der Waals surface area contributed by atoms with Crippen molar-refractivity contribution >= 4 is 29.2 Å². The van der Waals surface area contributed by atoms with Crippen LogP contribution in [0.4, 0.5) is 17.2 Å². The molecule has 2 aliphatic rings. The minimum atomic E-state index is 0.130. The number of benzene rings is 2. The first-order valence-electron chi connectivity index (χ1n) is 11.7. The summed E-state index contributed by atoms with van der Waals surface area (Å²) in [5.74, 6) is 1.54. The third-order valence-corrected chi connectivity index (χ3v) is 6.04. The fourth-order valence-electron chi connectivity index (χ4n) is 3.98. The number of amides is 1. The van der Waals surface area contributed by atoms with E-state index in [2.05, 4.69) is 64.3 Å². The summed E-state index contributed by atoms with van der Waals surface area (Å²) in [6, 6.07) is 17.1. The van der Waals surface area contributed by atoms with Crippen LogP contribution in [0.15, 0.2) is 60.8 Å². The van der Waals surface area contributed by atoms with Gasteiger partial charge >= 0.3 is 0 Å². The highest BCUT2D eigenvalue weighted by Crippen LogP contribution is 2.28. The second-order valence-electron chi connectivity index (χ2n) is 8.75. The van der Waals surface area contributed by atoms with E-state index in [1.165, 1.54) is 0 Å². The van der Waals surface area contributed by atoms with E-state index < -0.39 is 0 Å². The van der Waals surface area contributed by atoms with Crippen LogP contribution >= 0.6 is 0 Å². The number of fused-ring (bicyclic) bond motifs is 1.